The first-order chi connectivity index (χ1) is 6.74. The maximum Gasteiger partial charge on any atom is 0.176 e. The van der Waals surface area contributed by atoms with Crippen molar-refractivity contribution in [2.75, 3.05) is 13.6 Å². The number of aromatic hydroxyl groups is 1. The van der Waals surface area contributed by atoms with E-state index in [1.54, 1.807) is 19.2 Å². The second-order valence-electron chi connectivity index (χ2n) is 2.50. The van der Waals surface area contributed by atoms with Crippen molar-refractivity contribution in [3.8, 4) is 5.75 Å². The Morgan fingerprint density at radius 3 is 2.57 bits per heavy atom. The van der Waals surface area contributed by atoms with Gasteiger partial charge in [0, 0.05) is 5.56 Å². The Bertz CT molecular complexity index is 284. The van der Waals surface area contributed by atoms with Gasteiger partial charge in [0.1, 0.15) is 5.75 Å². The summed E-state index contributed by atoms with van der Waals surface area (Å²) in [6.07, 6.45) is 0. The molecule has 0 atom stereocenters. The average Bonchev–Trinajstić information content (AvgIpc) is 2.21. The van der Waals surface area contributed by atoms with Crippen molar-refractivity contribution in [3.63, 3.8) is 0 Å². The number of rotatable bonds is 3. The van der Waals surface area contributed by atoms with E-state index in [9.17, 15) is 4.79 Å². The molecule has 0 fully saturated rings. The molecule has 3 heteroatoms. The van der Waals surface area contributed by atoms with Gasteiger partial charge in [0.15, 0.2) is 5.78 Å². The molecule has 0 aliphatic carbocycles. The van der Waals surface area contributed by atoms with Gasteiger partial charge in [-0.15, -0.1) is 0 Å². The van der Waals surface area contributed by atoms with Crippen LogP contribution in [0, 0.1) is 0 Å². The number of ketones is 1. The maximum atomic E-state index is 11.2. The van der Waals surface area contributed by atoms with Gasteiger partial charge in [-0.25, -0.2) is 0 Å². The zero-order valence-electron chi connectivity index (χ0n) is 8.87. The van der Waals surface area contributed by atoms with Crippen molar-refractivity contribution < 1.29 is 9.90 Å². The molecule has 3 nitrogen and oxygen atoms in total. The number of phenolic OH excluding ortho intramolecular Hbond substituents is 1. The SMILES string of the molecule is CC.CNCC(=O)c1cccc(O)c1. The first-order valence-electron chi connectivity index (χ1n) is 4.71. The third kappa shape index (κ3) is 4.05. The third-order valence-corrected chi connectivity index (χ3v) is 1.51. The van der Waals surface area contributed by atoms with E-state index in [2.05, 4.69) is 5.32 Å². The molecule has 1 aromatic rings. The number of likely N-dealkylation sites (N-methyl/N-ethyl adjacent to an activating group) is 1. The minimum atomic E-state index is -0.0200. The number of hydrogen-bond acceptors (Lipinski definition) is 3. The molecule has 0 unspecified atom stereocenters. The van der Waals surface area contributed by atoms with Crippen LogP contribution in [0.5, 0.6) is 5.75 Å². The van der Waals surface area contributed by atoms with Crippen molar-refractivity contribution in [1.82, 2.24) is 5.32 Å². The summed E-state index contributed by atoms with van der Waals surface area (Å²) in [5.74, 6) is 0.102. The Balaban J connectivity index is 0.000000791. The molecule has 78 valence electrons. The Labute approximate surface area is 84.8 Å². The smallest absolute Gasteiger partial charge is 0.176 e. The molecular weight excluding hydrogens is 178 g/mol. The minimum Gasteiger partial charge on any atom is -0.508 e. The monoisotopic (exact) mass is 195 g/mol. The number of hydrogen-bond donors (Lipinski definition) is 2. The number of benzene rings is 1. The highest BCUT2D eigenvalue weighted by Crippen LogP contribution is 2.10. The molecule has 0 amide bonds. The van der Waals surface area contributed by atoms with Gasteiger partial charge >= 0.3 is 0 Å². The normalized spacial score (nSPS) is 8.79. The summed E-state index contributed by atoms with van der Waals surface area (Å²) in [6.45, 7) is 4.30. The van der Waals surface area contributed by atoms with Crippen LogP contribution in [-0.2, 0) is 0 Å². The molecule has 0 aromatic heterocycles. The van der Waals surface area contributed by atoms with Crippen molar-refractivity contribution in [2.24, 2.45) is 0 Å². The first kappa shape index (κ1) is 12.7. The van der Waals surface area contributed by atoms with E-state index in [0.717, 1.165) is 0 Å². The number of Topliss-reactive ketones (excluding diaryl/α,β-unsaturated/α-hetero) is 1. The number of nitrogens with one attached hydrogen (secondary N) is 1. The van der Waals surface area contributed by atoms with Gasteiger partial charge in [0.2, 0.25) is 0 Å². The molecule has 0 aliphatic rings. The largest absolute Gasteiger partial charge is 0.508 e. The van der Waals surface area contributed by atoms with Crippen LogP contribution in [0.3, 0.4) is 0 Å². The van der Waals surface area contributed by atoms with Gasteiger partial charge in [0.05, 0.1) is 6.54 Å². The van der Waals surface area contributed by atoms with Crippen LogP contribution in [0.4, 0.5) is 0 Å². The second kappa shape index (κ2) is 7.09. The number of carbonyl (C=O) groups is 1. The zero-order chi connectivity index (χ0) is 11.0. The lowest BCUT2D eigenvalue weighted by atomic mass is 10.1. The molecule has 2 N–H and O–H groups in total. The van der Waals surface area contributed by atoms with Crippen LogP contribution in [-0.4, -0.2) is 24.5 Å². The Kier molecular flexibility index (Phi) is 6.41. The molecule has 14 heavy (non-hydrogen) atoms. The van der Waals surface area contributed by atoms with Crippen LogP contribution in [0.2, 0.25) is 0 Å². The lowest BCUT2D eigenvalue weighted by molar-refractivity contribution is 0.0993. The highest BCUT2D eigenvalue weighted by atomic mass is 16.3. The molecule has 1 rings (SSSR count). The fraction of sp³-hybridized carbons (Fsp3) is 0.364. The highest BCUT2D eigenvalue weighted by molar-refractivity contribution is 5.97. The molecule has 0 aliphatic heterocycles. The third-order valence-electron chi connectivity index (χ3n) is 1.51. The van der Waals surface area contributed by atoms with Gasteiger partial charge in [-0.2, -0.15) is 0 Å². The van der Waals surface area contributed by atoms with E-state index >= 15 is 0 Å². The summed E-state index contributed by atoms with van der Waals surface area (Å²) in [4.78, 5) is 11.2. The van der Waals surface area contributed by atoms with Crippen LogP contribution in [0.15, 0.2) is 24.3 Å². The van der Waals surface area contributed by atoms with E-state index in [1.165, 1.54) is 12.1 Å². The van der Waals surface area contributed by atoms with E-state index in [1.807, 2.05) is 13.8 Å². The van der Waals surface area contributed by atoms with Gasteiger partial charge in [-0.1, -0.05) is 26.0 Å². The average molecular weight is 195 g/mol. The lowest BCUT2D eigenvalue weighted by Gasteiger charge is -1.99. The molecule has 0 radical (unpaired) electrons. The van der Waals surface area contributed by atoms with Gasteiger partial charge < -0.3 is 10.4 Å². The number of phenols is 1. The van der Waals surface area contributed by atoms with Crippen LogP contribution in [0.1, 0.15) is 24.2 Å². The molecule has 0 spiro atoms. The van der Waals surface area contributed by atoms with Crippen molar-refractivity contribution in [3.05, 3.63) is 29.8 Å². The quantitative estimate of drug-likeness (QED) is 0.723. The molecule has 1 aromatic carbocycles. The Morgan fingerprint density at radius 1 is 1.43 bits per heavy atom. The minimum absolute atomic E-state index is 0.0200. The summed E-state index contributed by atoms with van der Waals surface area (Å²) in [7, 11) is 1.71. The fourth-order valence-corrected chi connectivity index (χ4v) is 0.942. The van der Waals surface area contributed by atoms with E-state index in [0.29, 0.717) is 12.1 Å². The molecule has 0 saturated heterocycles. The van der Waals surface area contributed by atoms with Crippen molar-refractivity contribution in [2.45, 2.75) is 13.8 Å². The van der Waals surface area contributed by atoms with Crippen LogP contribution < -0.4 is 5.32 Å². The summed E-state index contributed by atoms with van der Waals surface area (Å²) in [6, 6.07) is 6.33. The maximum absolute atomic E-state index is 11.2. The van der Waals surface area contributed by atoms with Gasteiger partial charge in [-0.05, 0) is 19.2 Å². The summed E-state index contributed by atoms with van der Waals surface area (Å²) in [5, 5.41) is 11.8. The highest BCUT2D eigenvalue weighted by Gasteiger charge is 2.03. The lowest BCUT2D eigenvalue weighted by Crippen LogP contribution is -2.18. The van der Waals surface area contributed by atoms with Crippen LogP contribution in [0.25, 0.3) is 0 Å². The zero-order valence-corrected chi connectivity index (χ0v) is 8.87. The molecule has 0 bridgehead atoms. The fourth-order valence-electron chi connectivity index (χ4n) is 0.942. The molecule has 0 saturated carbocycles. The summed E-state index contributed by atoms with van der Waals surface area (Å²) >= 11 is 0. The summed E-state index contributed by atoms with van der Waals surface area (Å²) < 4.78 is 0. The van der Waals surface area contributed by atoms with E-state index < -0.39 is 0 Å². The van der Waals surface area contributed by atoms with Crippen LogP contribution >= 0.6 is 0 Å². The standard InChI is InChI=1S/C9H11NO2.C2H6/c1-10-6-9(12)7-3-2-4-8(11)5-7;1-2/h2-5,10-11H,6H2,1H3;1-2H3. The Hall–Kier alpha value is -1.35. The van der Waals surface area contributed by atoms with Crippen molar-refractivity contribution >= 4 is 5.78 Å². The van der Waals surface area contributed by atoms with E-state index in [-0.39, 0.29) is 11.5 Å². The second-order valence-corrected chi connectivity index (χ2v) is 2.50. The van der Waals surface area contributed by atoms with Crippen molar-refractivity contribution in [1.29, 1.82) is 0 Å². The van der Waals surface area contributed by atoms with E-state index in [4.69, 9.17) is 5.11 Å². The predicted octanol–water partition coefficient (Wildman–Crippen LogP) is 1.82. The summed E-state index contributed by atoms with van der Waals surface area (Å²) in [5.41, 5.74) is 0.532. The topological polar surface area (TPSA) is 49.3 Å². The first-order valence-corrected chi connectivity index (χ1v) is 4.71. The molecule has 0 heterocycles. The van der Waals surface area contributed by atoms with Gasteiger partial charge in [0.25, 0.3) is 0 Å². The Morgan fingerprint density at radius 2 is 2.07 bits per heavy atom. The number of carbonyl (C=O) groups excluding carboxylic acids is 1. The molecular formula is C11H17NO2. The van der Waals surface area contributed by atoms with Gasteiger partial charge in [-0.3, -0.25) is 4.79 Å². The predicted molar refractivity (Wildman–Crippen MR) is 57.7 cm³/mol.